The van der Waals surface area contributed by atoms with Gasteiger partial charge in [0.25, 0.3) is 5.56 Å². The number of hydrogen-bond acceptors (Lipinski definition) is 5. The summed E-state index contributed by atoms with van der Waals surface area (Å²) >= 11 is 0. The quantitative estimate of drug-likeness (QED) is 0.870. The Balaban J connectivity index is 2.64. The maximum atomic E-state index is 12.3. The Morgan fingerprint density at radius 1 is 1.24 bits per heavy atom. The van der Waals surface area contributed by atoms with Crippen molar-refractivity contribution in [2.45, 2.75) is 20.8 Å². The zero-order chi connectivity index (χ0) is 15.6. The van der Waals surface area contributed by atoms with Crippen molar-refractivity contribution in [1.29, 1.82) is 0 Å². The van der Waals surface area contributed by atoms with E-state index < -0.39 is 5.97 Å². The summed E-state index contributed by atoms with van der Waals surface area (Å²) in [6.45, 7) is 5.24. The van der Waals surface area contributed by atoms with Gasteiger partial charge in [-0.25, -0.2) is 4.79 Å². The molecule has 6 nitrogen and oxygen atoms in total. The lowest BCUT2D eigenvalue weighted by Crippen LogP contribution is -2.28. The van der Waals surface area contributed by atoms with Gasteiger partial charge in [-0.05, 0) is 50.6 Å². The van der Waals surface area contributed by atoms with E-state index in [9.17, 15) is 14.7 Å². The summed E-state index contributed by atoms with van der Waals surface area (Å²) in [7, 11) is 0. The molecule has 0 unspecified atom stereocenters. The van der Waals surface area contributed by atoms with Crippen molar-refractivity contribution in [3.8, 4) is 11.4 Å². The fourth-order valence-electron chi connectivity index (χ4n) is 1.88. The third-order valence-corrected chi connectivity index (χ3v) is 3.19. The van der Waals surface area contributed by atoms with E-state index in [1.807, 2.05) is 0 Å². The second-order valence-corrected chi connectivity index (χ2v) is 4.55. The smallest absolute Gasteiger partial charge is 0.359 e. The van der Waals surface area contributed by atoms with Crippen molar-refractivity contribution in [3.05, 3.63) is 51.4 Å². The first-order valence-corrected chi connectivity index (χ1v) is 6.52. The molecule has 0 aliphatic rings. The molecular formula is C15H16N2O4. The third-order valence-electron chi connectivity index (χ3n) is 3.19. The van der Waals surface area contributed by atoms with Gasteiger partial charge in [-0.15, -0.1) is 0 Å². The molecule has 1 heterocycles. The molecule has 1 aromatic carbocycles. The van der Waals surface area contributed by atoms with Crippen LogP contribution >= 0.6 is 0 Å². The second-order valence-electron chi connectivity index (χ2n) is 4.55. The first-order chi connectivity index (χ1) is 9.95. The molecule has 0 fully saturated rings. The summed E-state index contributed by atoms with van der Waals surface area (Å²) in [6, 6.07) is 5.99. The zero-order valence-corrected chi connectivity index (χ0v) is 12.1. The van der Waals surface area contributed by atoms with Gasteiger partial charge in [-0.2, -0.15) is 9.78 Å². The maximum Gasteiger partial charge on any atom is 0.359 e. The molecule has 2 aromatic rings. The number of esters is 1. The molecule has 110 valence electrons. The van der Waals surface area contributed by atoms with Gasteiger partial charge in [0.1, 0.15) is 5.75 Å². The molecule has 0 amide bonds. The van der Waals surface area contributed by atoms with E-state index in [0.29, 0.717) is 16.8 Å². The van der Waals surface area contributed by atoms with Crippen molar-refractivity contribution in [2.75, 3.05) is 6.61 Å². The average Bonchev–Trinajstić information content (AvgIpc) is 2.46. The number of nitrogens with zero attached hydrogens (tertiary/aromatic N) is 2. The van der Waals surface area contributed by atoms with Gasteiger partial charge in [0.05, 0.1) is 12.3 Å². The fraction of sp³-hybridized carbons (Fsp3) is 0.267. The number of carbonyl (C=O) groups excluding carboxylic acids is 1. The van der Waals surface area contributed by atoms with E-state index in [1.165, 1.54) is 12.1 Å². The molecular weight excluding hydrogens is 272 g/mol. The molecule has 0 radical (unpaired) electrons. The highest BCUT2D eigenvalue weighted by Crippen LogP contribution is 2.14. The van der Waals surface area contributed by atoms with Crippen LogP contribution in [0.5, 0.6) is 5.75 Å². The molecule has 0 aliphatic carbocycles. The van der Waals surface area contributed by atoms with Gasteiger partial charge < -0.3 is 9.84 Å². The number of aromatic nitrogens is 2. The van der Waals surface area contributed by atoms with Crippen LogP contribution in [0.2, 0.25) is 0 Å². The lowest BCUT2D eigenvalue weighted by Gasteiger charge is -2.11. The Morgan fingerprint density at radius 3 is 2.43 bits per heavy atom. The first kappa shape index (κ1) is 14.8. The molecule has 0 saturated heterocycles. The maximum absolute atomic E-state index is 12.3. The van der Waals surface area contributed by atoms with Crippen molar-refractivity contribution in [3.63, 3.8) is 0 Å². The Bertz CT molecular complexity index is 733. The number of rotatable bonds is 3. The van der Waals surface area contributed by atoms with Crippen LogP contribution in [-0.2, 0) is 4.74 Å². The summed E-state index contributed by atoms with van der Waals surface area (Å²) < 4.78 is 6.09. The van der Waals surface area contributed by atoms with Crippen LogP contribution in [0.1, 0.15) is 28.5 Å². The standard InChI is InChI=1S/C15H16N2O4/c1-4-21-15(20)13-9(2)10(3)14(19)17(16-13)11-5-7-12(18)8-6-11/h5-8,18H,4H2,1-3H3. The normalized spacial score (nSPS) is 10.4. The Hall–Kier alpha value is -2.63. The molecule has 2 rings (SSSR count). The lowest BCUT2D eigenvalue weighted by atomic mass is 10.1. The number of ether oxygens (including phenoxy) is 1. The number of hydrogen-bond donors (Lipinski definition) is 1. The van der Waals surface area contributed by atoms with E-state index in [2.05, 4.69) is 5.10 Å². The topological polar surface area (TPSA) is 81.4 Å². The average molecular weight is 288 g/mol. The van der Waals surface area contributed by atoms with Gasteiger partial charge >= 0.3 is 5.97 Å². The molecule has 0 saturated carbocycles. The highest BCUT2D eigenvalue weighted by Gasteiger charge is 2.18. The monoisotopic (exact) mass is 288 g/mol. The summed E-state index contributed by atoms with van der Waals surface area (Å²) in [5, 5.41) is 13.4. The number of benzene rings is 1. The number of phenolic OH excluding ortho intramolecular Hbond substituents is 1. The molecule has 0 aliphatic heterocycles. The summed E-state index contributed by atoms with van der Waals surface area (Å²) in [5.74, 6) is -0.480. The molecule has 21 heavy (non-hydrogen) atoms. The second kappa shape index (κ2) is 5.78. The largest absolute Gasteiger partial charge is 0.508 e. The SMILES string of the molecule is CCOC(=O)c1nn(-c2ccc(O)cc2)c(=O)c(C)c1C. The number of carbonyl (C=O) groups is 1. The van der Waals surface area contributed by atoms with Crippen LogP contribution in [-0.4, -0.2) is 27.5 Å². The minimum absolute atomic E-state index is 0.0845. The first-order valence-electron chi connectivity index (χ1n) is 6.52. The van der Waals surface area contributed by atoms with Crippen molar-refractivity contribution >= 4 is 5.97 Å². The Labute approximate surface area is 121 Å². The number of aromatic hydroxyl groups is 1. The van der Waals surface area contributed by atoms with Crippen LogP contribution in [0.4, 0.5) is 0 Å². The van der Waals surface area contributed by atoms with Gasteiger partial charge in [0, 0.05) is 5.56 Å². The van der Waals surface area contributed by atoms with Crippen LogP contribution in [0, 0.1) is 13.8 Å². The van der Waals surface area contributed by atoms with Crippen LogP contribution in [0.3, 0.4) is 0 Å². The lowest BCUT2D eigenvalue weighted by molar-refractivity contribution is 0.0516. The molecule has 0 atom stereocenters. The minimum atomic E-state index is -0.564. The number of phenols is 1. The van der Waals surface area contributed by atoms with Gasteiger partial charge in [0.15, 0.2) is 5.69 Å². The third kappa shape index (κ3) is 2.79. The van der Waals surface area contributed by atoms with E-state index >= 15 is 0 Å². The molecule has 1 aromatic heterocycles. The fourth-order valence-corrected chi connectivity index (χ4v) is 1.88. The van der Waals surface area contributed by atoms with Crippen molar-refractivity contribution < 1.29 is 14.6 Å². The van der Waals surface area contributed by atoms with Crippen LogP contribution in [0.15, 0.2) is 29.1 Å². The van der Waals surface area contributed by atoms with Gasteiger partial charge in [0.2, 0.25) is 0 Å². The van der Waals surface area contributed by atoms with Crippen molar-refractivity contribution in [2.24, 2.45) is 0 Å². The zero-order valence-electron chi connectivity index (χ0n) is 12.1. The predicted octanol–water partition coefficient (Wildman–Crippen LogP) is 1.73. The molecule has 0 bridgehead atoms. The molecule has 6 heteroatoms. The highest BCUT2D eigenvalue weighted by molar-refractivity contribution is 5.89. The van der Waals surface area contributed by atoms with E-state index in [4.69, 9.17) is 4.74 Å². The van der Waals surface area contributed by atoms with E-state index in [0.717, 1.165) is 4.68 Å². The van der Waals surface area contributed by atoms with E-state index in [-0.39, 0.29) is 23.6 Å². The van der Waals surface area contributed by atoms with E-state index in [1.54, 1.807) is 32.9 Å². The Morgan fingerprint density at radius 2 is 1.86 bits per heavy atom. The molecule has 0 spiro atoms. The van der Waals surface area contributed by atoms with Crippen LogP contribution < -0.4 is 5.56 Å². The summed E-state index contributed by atoms with van der Waals surface area (Å²) in [4.78, 5) is 24.2. The van der Waals surface area contributed by atoms with Gasteiger partial charge in [-0.3, -0.25) is 4.79 Å². The molecule has 1 N–H and O–H groups in total. The summed E-state index contributed by atoms with van der Waals surface area (Å²) in [6.07, 6.45) is 0. The van der Waals surface area contributed by atoms with Crippen molar-refractivity contribution in [1.82, 2.24) is 9.78 Å². The minimum Gasteiger partial charge on any atom is -0.508 e. The summed E-state index contributed by atoms with van der Waals surface area (Å²) in [5.41, 5.74) is 1.20. The van der Waals surface area contributed by atoms with Crippen LogP contribution in [0.25, 0.3) is 5.69 Å². The Kier molecular flexibility index (Phi) is 4.07. The van der Waals surface area contributed by atoms with Gasteiger partial charge in [-0.1, -0.05) is 0 Å². The predicted molar refractivity (Wildman–Crippen MR) is 76.9 cm³/mol. The highest BCUT2D eigenvalue weighted by atomic mass is 16.5.